The summed E-state index contributed by atoms with van der Waals surface area (Å²) in [6.07, 6.45) is -5.56. The number of benzene rings is 1. The highest BCUT2D eigenvalue weighted by Gasteiger charge is 2.37. The van der Waals surface area contributed by atoms with Gasteiger partial charge in [0.05, 0.1) is 17.5 Å². The van der Waals surface area contributed by atoms with Crippen molar-refractivity contribution in [1.29, 1.82) is 0 Å². The number of nitrogens with zero attached hydrogens (tertiary/aromatic N) is 1. The monoisotopic (exact) mass is 243 g/mol. The van der Waals surface area contributed by atoms with Gasteiger partial charge in [-0.2, -0.15) is 13.2 Å². The van der Waals surface area contributed by atoms with E-state index in [-0.39, 0.29) is 11.1 Å². The normalized spacial score (nSPS) is 15.4. The SMILES string of the molecule is O=C1c2ccccc2C(=O)N1CCC(F)(F)F. The smallest absolute Gasteiger partial charge is 0.274 e. The van der Waals surface area contributed by atoms with Gasteiger partial charge >= 0.3 is 6.18 Å². The van der Waals surface area contributed by atoms with Crippen molar-refractivity contribution < 1.29 is 22.8 Å². The molecule has 1 aliphatic rings. The predicted octanol–water partition coefficient (Wildman–Crippen LogP) is 2.24. The molecule has 6 heteroatoms. The maximum atomic E-state index is 12.0. The summed E-state index contributed by atoms with van der Waals surface area (Å²) in [5.74, 6) is -1.32. The molecule has 0 aromatic heterocycles. The van der Waals surface area contributed by atoms with E-state index in [4.69, 9.17) is 0 Å². The molecule has 1 aliphatic heterocycles. The lowest BCUT2D eigenvalue weighted by Gasteiger charge is -2.14. The van der Waals surface area contributed by atoms with Crippen LogP contribution in [0.2, 0.25) is 0 Å². The first-order valence-corrected chi connectivity index (χ1v) is 4.92. The number of amides is 2. The molecule has 90 valence electrons. The van der Waals surface area contributed by atoms with Gasteiger partial charge in [0.1, 0.15) is 0 Å². The average Bonchev–Trinajstić information content (AvgIpc) is 2.49. The summed E-state index contributed by atoms with van der Waals surface area (Å²) >= 11 is 0. The number of alkyl halides is 3. The lowest BCUT2D eigenvalue weighted by molar-refractivity contribution is -0.135. The molecule has 1 aromatic carbocycles. The van der Waals surface area contributed by atoms with E-state index in [2.05, 4.69) is 0 Å². The zero-order valence-electron chi connectivity index (χ0n) is 8.62. The van der Waals surface area contributed by atoms with Crippen molar-refractivity contribution in [1.82, 2.24) is 4.90 Å². The molecule has 0 radical (unpaired) electrons. The Kier molecular flexibility index (Phi) is 2.65. The fraction of sp³-hybridized carbons (Fsp3) is 0.273. The molecule has 0 fully saturated rings. The number of imide groups is 1. The molecule has 0 N–H and O–H groups in total. The third-order valence-corrected chi connectivity index (χ3v) is 2.50. The second kappa shape index (κ2) is 3.87. The minimum atomic E-state index is -4.38. The van der Waals surface area contributed by atoms with Crippen LogP contribution < -0.4 is 0 Å². The van der Waals surface area contributed by atoms with Gasteiger partial charge in [0.15, 0.2) is 0 Å². The van der Waals surface area contributed by atoms with Gasteiger partial charge in [0, 0.05) is 6.54 Å². The lowest BCUT2D eigenvalue weighted by atomic mass is 10.1. The first kappa shape index (κ1) is 11.6. The van der Waals surface area contributed by atoms with Crippen LogP contribution in [-0.4, -0.2) is 29.4 Å². The van der Waals surface area contributed by atoms with Crippen molar-refractivity contribution in [3.8, 4) is 0 Å². The topological polar surface area (TPSA) is 37.4 Å². The Morgan fingerprint density at radius 3 is 1.88 bits per heavy atom. The van der Waals surface area contributed by atoms with Crippen molar-refractivity contribution in [3.63, 3.8) is 0 Å². The summed E-state index contributed by atoms with van der Waals surface area (Å²) in [7, 11) is 0. The van der Waals surface area contributed by atoms with Gasteiger partial charge < -0.3 is 0 Å². The van der Waals surface area contributed by atoms with E-state index < -0.39 is 31.0 Å². The zero-order valence-corrected chi connectivity index (χ0v) is 8.62. The Labute approximate surface area is 94.8 Å². The highest BCUT2D eigenvalue weighted by Crippen LogP contribution is 2.25. The number of halogens is 3. The Morgan fingerprint density at radius 2 is 1.47 bits per heavy atom. The molecule has 0 bridgehead atoms. The molecule has 0 spiro atoms. The zero-order chi connectivity index (χ0) is 12.6. The fourth-order valence-corrected chi connectivity index (χ4v) is 1.68. The van der Waals surface area contributed by atoms with E-state index in [1.165, 1.54) is 12.1 Å². The van der Waals surface area contributed by atoms with Crippen LogP contribution in [0.3, 0.4) is 0 Å². The molecule has 1 aromatic rings. The van der Waals surface area contributed by atoms with Crippen LogP contribution in [0.15, 0.2) is 24.3 Å². The van der Waals surface area contributed by atoms with E-state index in [0.29, 0.717) is 4.90 Å². The van der Waals surface area contributed by atoms with Crippen LogP contribution in [0, 0.1) is 0 Å². The molecule has 0 saturated heterocycles. The number of hydrogen-bond donors (Lipinski definition) is 0. The minimum Gasteiger partial charge on any atom is -0.274 e. The standard InChI is InChI=1S/C11H8F3NO2/c12-11(13,14)5-6-15-9(16)7-3-1-2-4-8(7)10(15)17/h1-4H,5-6H2. The first-order chi connectivity index (χ1) is 7.90. The Hall–Kier alpha value is -1.85. The molecular weight excluding hydrogens is 235 g/mol. The largest absolute Gasteiger partial charge is 0.390 e. The van der Waals surface area contributed by atoms with E-state index in [1.54, 1.807) is 12.1 Å². The Bertz CT molecular complexity index is 447. The molecule has 2 rings (SSSR count). The molecule has 2 amide bonds. The summed E-state index contributed by atoms with van der Waals surface area (Å²) in [5, 5.41) is 0. The summed E-state index contributed by atoms with van der Waals surface area (Å²) in [6, 6.07) is 6.00. The molecule has 0 unspecified atom stereocenters. The van der Waals surface area contributed by atoms with Crippen LogP contribution in [0.4, 0.5) is 13.2 Å². The van der Waals surface area contributed by atoms with Gasteiger partial charge in [0.2, 0.25) is 0 Å². The summed E-state index contributed by atoms with van der Waals surface area (Å²) < 4.78 is 36.1. The van der Waals surface area contributed by atoms with E-state index in [1.807, 2.05) is 0 Å². The second-order valence-electron chi connectivity index (χ2n) is 3.67. The van der Waals surface area contributed by atoms with E-state index in [9.17, 15) is 22.8 Å². The predicted molar refractivity (Wildman–Crippen MR) is 52.5 cm³/mol. The quantitative estimate of drug-likeness (QED) is 0.747. The molecule has 0 aliphatic carbocycles. The van der Waals surface area contributed by atoms with Crippen LogP contribution in [-0.2, 0) is 0 Å². The van der Waals surface area contributed by atoms with Crippen LogP contribution in [0.25, 0.3) is 0 Å². The van der Waals surface area contributed by atoms with Crippen molar-refractivity contribution in [2.24, 2.45) is 0 Å². The van der Waals surface area contributed by atoms with Crippen LogP contribution in [0.5, 0.6) is 0 Å². The van der Waals surface area contributed by atoms with Gasteiger partial charge in [-0.05, 0) is 12.1 Å². The number of hydrogen-bond acceptors (Lipinski definition) is 2. The van der Waals surface area contributed by atoms with Crippen LogP contribution >= 0.6 is 0 Å². The van der Waals surface area contributed by atoms with Crippen molar-refractivity contribution >= 4 is 11.8 Å². The Morgan fingerprint density at radius 1 is 1.00 bits per heavy atom. The van der Waals surface area contributed by atoms with Gasteiger partial charge in [-0.15, -0.1) is 0 Å². The van der Waals surface area contributed by atoms with Gasteiger partial charge in [-0.1, -0.05) is 12.1 Å². The maximum absolute atomic E-state index is 12.0. The molecule has 0 atom stereocenters. The third-order valence-electron chi connectivity index (χ3n) is 2.50. The number of carbonyl (C=O) groups is 2. The maximum Gasteiger partial charge on any atom is 0.390 e. The van der Waals surface area contributed by atoms with Gasteiger partial charge in [-0.3, -0.25) is 14.5 Å². The second-order valence-corrected chi connectivity index (χ2v) is 3.67. The molecular formula is C11H8F3NO2. The summed E-state index contributed by atoms with van der Waals surface area (Å²) in [6.45, 7) is -0.629. The average molecular weight is 243 g/mol. The minimum absolute atomic E-state index is 0.166. The summed E-state index contributed by atoms with van der Waals surface area (Å²) in [4.78, 5) is 24.0. The van der Waals surface area contributed by atoms with E-state index in [0.717, 1.165) is 0 Å². The molecule has 3 nitrogen and oxygen atoms in total. The highest BCUT2D eigenvalue weighted by molar-refractivity contribution is 6.21. The first-order valence-electron chi connectivity index (χ1n) is 4.92. The van der Waals surface area contributed by atoms with Gasteiger partial charge in [0.25, 0.3) is 11.8 Å². The number of fused-ring (bicyclic) bond motifs is 1. The highest BCUT2D eigenvalue weighted by atomic mass is 19.4. The molecule has 17 heavy (non-hydrogen) atoms. The van der Waals surface area contributed by atoms with Gasteiger partial charge in [-0.25, -0.2) is 0 Å². The van der Waals surface area contributed by atoms with Crippen LogP contribution in [0.1, 0.15) is 27.1 Å². The Balaban J connectivity index is 2.19. The lowest BCUT2D eigenvalue weighted by Crippen LogP contribution is -2.33. The van der Waals surface area contributed by atoms with Crippen molar-refractivity contribution in [2.75, 3.05) is 6.54 Å². The number of rotatable bonds is 2. The molecule has 0 saturated carbocycles. The number of carbonyl (C=O) groups excluding carboxylic acids is 2. The third kappa shape index (κ3) is 2.15. The fourth-order valence-electron chi connectivity index (χ4n) is 1.68. The molecule has 1 heterocycles. The summed E-state index contributed by atoms with van der Waals surface area (Å²) in [5.41, 5.74) is 0.333. The van der Waals surface area contributed by atoms with Crippen molar-refractivity contribution in [2.45, 2.75) is 12.6 Å². The van der Waals surface area contributed by atoms with E-state index >= 15 is 0 Å². The van der Waals surface area contributed by atoms with Crippen molar-refractivity contribution in [3.05, 3.63) is 35.4 Å².